The molecular formula is C11H13NO3. The average Bonchev–Trinajstić information content (AvgIpc) is 2.30. The Hall–Kier alpha value is -1.68. The van der Waals surface area contributed by atoms with Gasteiger partial charge in [-0.15, -0.1) is 0 Å². The zero-order chi connectivity index (χ0) is 11.3. The summed E-state index contributed by atoms with van der Waals surface area (Å²) in [6.45, 7) is 0. The van der Waals surface area contributed by atoms with Gasteiger partial charge in [0.1, 0.15) is 0 Å². The van der Waals surface area contributed by atoms with E-state index in [-0.39, 0.29) is 0 Å². The van der Waals surface area contributed by atoms with Crippen molar-refractivity contribution in [3.8, 4) is 0 Å². The highest BCUT2D eigenvalue weighted by atomic mass is 16.6. The van der Waals surface area contributed by atoms with Crippen LogP contribution in [-0.4, -0.2) is 26.4 Å². The Kier molecular flexibility index (Phi) is 4.00. The van der Waals surface area contributed by atoms with Crippen LogP contribution >= 0.6 is 0 Å². The molecule has 1 aromatic carbocycles. The van der Waals surface area contributed by atoms with E-state index in [0.29, 0.717) is 11.1 Å². The minimum atomic E-state index is -0.771. The van der Waals surface area contributed by atoms with Crippen molar-refractivity contribution < 1.29 is 14.3 Å². The van der Waals surface area contributed by atoms with Gasteiger partial charge < -0.3 is 14.9 Å². The molecule has 0 bridgehead atoms. The second-order valence-electron chi connectivity index (χ2n) is 2.91. The van der Waals surface area contributed by atoms with Crippen LogP contribution in [-0.2, 0) is 14.3 Å². The van der Waals surface area contributed by atoms with Crippen molar-refractivity contribution in [2.24, 2.45) is 0 Å². The molecule has 0 aromatic heterocycles. The van der Waals surface area contributed by atoms with Gasteiger partial charge in [0.05, 0.1) is 7.11 Å². The van der Waals surface area contributed by atoms with Crippen molar-refractivity contribution in [1.29, 1.82) is 5.41 Å². The van der Waals surface area contributed by atoms with Crippen LogP contribution in [0.5, 0.6) is 0 Å². The van der Waals surface area contributed by atoms with Gasteiger partial charge in [-0.2, -0.15) is 0 Å². The zero-order valence-electron chi connectivity index (χ0n) is 8.69. The lowest BCUT2D eigenvalue weighted by atomic mass is 10.0. The topological polar surface area (TPSA) is 59.4 Å². The van der Waals surface area contributed by atoms with Crippen molar-refractivity contribution in [2.45, 2.75) is 6.10 Å². The Morgan fingerprint density at radius 2 is 2.07 bits per heavy atom. The van der Waals surface area contributed by atoms with Crippen LogP contribution < -0.4 is 0 Å². The third-order valence-electron chi connectivity index (χ3n) is 2.08. The zero-order valence-corrected chi connectivity index (χ0v) is 8.69. The lowest BCUT2D eigenvalue weighted by Gasteiger charge is -2.14. The smallest absolute Gasteiger partial charge is 0.339 e. The maximum Gasteiger partial charge on any atom is 0.339 e. The molecule has 0 fully saturated rings. The third kappa shape index (κ3) is 2.41. The molecule has 0 aliphatic carbocycles. The second kappa shape index (κ2) is 5.26. The quantitative estimate of drug-likeness (QED) is 0.601. The van der Waals surface area contributed by atoms with Crippen LogP contribution in [0.25, 0.3) is 0 Å². The van der Waals surface area contributed by atoms with E-state index in [1.54, 1.807) is 24.3 Å². The fraction of sp³-hybridized carbons (Fsp3) is 0.273. The van der Waals surface area contributed by atoms with Crippen LogP contribution in [0.1, 0.15) is 17.2 Å². The van der Waals surface area contributed by atoms with Gasteiger partial charge >= 0.3 is 5.97 Å². The number of hydrogen-bond acceptors (Lipinski definition) is 4. The molecule has 4 heteroatoms. The van der Waals surface area contributed by atoms with Crippen molar-refractivity contribution in [1.82, 2.24) is 0 Å². The standard InChI is InChI=1S/C11H13NO3/c1-14-10(11(13)15-2)9-6-4-3-5-8(9)7-12/h3-7,10,12H,1-2H3. The molecule has 80 valence electrons. The van der Waals surface area contributed by atoms with Crippen LogP contribution in [0.4, 0.5) is 0 Å². The number of esters is 1. The Morgan fingerprint density at radius 1 is 1.40 bits per heavy atom. The number of carbonyl (C=O) groups excluding carboxylic acids is 1. The highest BCUT2D eigenvalue weighted by molar-refractivity contribution is 5.84. The van der Waals surface area contributed by atoms with Crippen LogP contribution in [0.2, 0.25) is 0 Å². The maximum atomic E-state index is 11.4. The number of rotatable bonds is 4. The van der Waals surface area contributed by atoms with Gasteiger partial charge in [-0.1, -0.05) is 24.3 Å². The molecule has 0 radical (unpaired) electrons. The van der Waals surface area contributed by atoms with E-state index in [1.807, 2.05) is 0 Å². The predicted octanol–water partition coefficient (Wildman–Crippen LogP) is 1.54. The average molecular weight is 207 g/mol. The molecule has 0 aliphatic rings. The molecule has 0 saturated heterocycles. The molecule has 0 saturated carbocycles. The first-order chi connectivity index (χ1) is 7.24. The van der Waals surface area contributed by atoms with Gasteiger partial charge in [-0.05, 0) is 5.56 Å². The molecule has 1 aromatic rings. The summed E-state index contributed by atoms with van der Waals surface area (Å²) in [7, 11) is 2.74. The van der Waals surface area contributed by atoms with Gasteiger partial charge in [0.2, 0.25) is 0 Å². The third-order valence-corrected chi connectivity index (χ3v) is 2.08. The van der Waals surface area contributed by atoms with E-state index in [0.717, 1.165) is 0 Å². The Labute approximate surface area is 88.3 Å². The van der Waals surface area contributed by atoms with E-state index >= 15 is 0 Å². The molecule has 0 heterocycles. The molecule has 1 atom stereocenters. The number of methoxy groups -OCH3 is 2. The number of hydrogen-bond donors (Lipinski definition) is 1. The second-order valence-corrected chi connectivity index (χ2v) is 2.91. The predicted molar refractivity (Wildman–Crippen MR) is 56.1 cm³/mol. The fourth-order valence-electron chi connectivity index (χ4n) is 1.34. The monoisotopic (exact) mass is 207 g/mol. The van der Waals surface area contributed by atoms with E-state index < -0.39 is 12.1 Å². The summed E-state index contributed by atoms with van der Waals surface area (Å²) in [6.07, 6.45) is 0.414. The van der Waals surface area contributed by atoms with Crippen molar-refractivity contribution in [2.75, 3.05) is 14.2 Å². The molecule has 1 N–H and O–H groups in total. The summed E-state index contributed by atoms with van der Waals surface area (Å²) in [6, 6.07) is 7.08. The fourth-order valence-corrected chi connectivity index (χ4v) is 1.34. The Balaban J connectivity index is 3.11. The van der Waals surface area contributed by atoms with Gasteiger partial charge in [0.25, 0.3) is 0 Å². The summed E-state index contributed by atoms with van der Waals surface area (Å²) in [5.41, 5.74) is 1.29. The van der Waals surface area contributed by atoms with E-state index in [9.17, 15) is 4.79 Å². The van der Waals surface area contributed by atoms with Gasteiger partial charge in [0.15, 0.2) is 6.10 Å². The lowest BCUT2D eigenvalue weighted by Crippen LogP contribution is -2.17. The molecule has 15 heavy (non-hydrogen) atoms. The van der Waals surface area contributed by atoms with E-state index in [2.05, 4.69) is 4.74 Å². The van der Waals surface area contributed by atoms with Crippen LogP contribution in [0, 0.1) is 5.41 Å². The van der Waals surface area contributed by atoms with Crippen LogP contribution in [0.15, 0.2) is 24.3 Å². The highest BCUT2D eigenvalue weighted by Gasteiger charge is 2.22. The number of carbonyl (C=O) groups is 1. The van der Waals surface area contributed by atoms with Gasteiger partial charge in [-0.3, -0.25) is 0 Å². The summed E-state index contributed by atoms with van der Waals surface area (Å²) >= 11 is 0. The summed E-state index contributed by atoms with van der Waals surface area (Å²) in [4.78, 5) is 11.4. The number of benzene rings is 1. The Morgan fingerprint density at radius 3 is 2.60 bits per heavy atom. The largest absolute Gasteiger partial charge is 0.467 e. The minimum Gasteiger partial charge on any atom is -0.467 e. The first kappa shape index (κ1) is 11.4. The number of ether oxygens (including phenoxy) is 2. The maximum absolute atomic E-state index is 11.4. The van der Waals surface area contributed by atoms with Crippen molar-refractivity contribution in [3.05, 3.63) is 35.4 Å². The summed E-state index contributed by atoms with van der Waals surface area (Å²) in [5, 5.41) is 7.22. The highest BCUT2D eigenvalue weighted by Crippen LogP contribution is 2.20. The lowest BCUT2D eigenvalue weighted by molar-refractivity contribution is -0.152. The number of nitrogens with one attached hydrogen (secondary N) is 1. The minimum absolute atomic E-state index is 0.466. The van der Waals surface area contributed by atoms with Crippen LogP contribution in [0.3, 0.4) is 0 Å². The molecule has 0 spiro atoms. The SMILES string of the molecule is COC(=O)C(OC)c1ccccc1C=N. The first-order valence-corrected chi connectivity index (χ1v) is 4.44. The first-order valence-electron chi connectivity index (χ1n) is 4.44. The molecular weight excluding hydrogens is 194 g/mol. The molecule has 4 nitrogen and oxygen atoms in total. The van der Waals surface area contributed by atoms with Crippen molar-refractivity contribution in [3.63, 3.8) is 0 Å². The van der Waals surface area contributed by atoms with Gasteiger partial charge in [-0.25, -0.2) is 4.79 Å². The molecule has 0 amide bonds. The summed E-state index contributed by atoms with van der Waals surface area (Å²) in [5.74, 6) is -0.466. The summed E-state index contributed by atoms with van der Waals surface area (Å²) < 4.78 is 9.67. The Bertz CT molecular complexity index is 363. The normalized spacial score (nSPS) is 11.9. The van der Waals surface area contributed by atoms with E-state index in [4.69, 9.17) is 10.1 Å². The molecule has 1 unspecified atom stereocenters. The molecule has 1 rings (SSSR count). The van der Waals surface area contributed by atoms with E-state index in [1.165, 1.54) is 20.4 Å². The van der Waals surface area contributed by atoms with Crippen molar-refractivity contribution >= 4 is 12.2 Å². The van der Waals surface area contributed by atoms with Gasteiger partial charge in [0, 0.05) is 18.9 Å². The molecule has 0 aliphatic heterocycles.